The van der Waals surface area contributed by atoms with Crippen LogP contribution in [0.4, 0.5) is 5.69 Å². The monoisotopic (exact) mass is 396 g/mol. The Hall–Kier alpha value is -2.41. The average molecular weight is 396 g/mol. The van der Waals surface area contributed by atoms with Crippen molar-refractivity contribution >= 4 is 23.4 Å². The maximum atomic E-state index is 13.3. The molecule has 4 aliphatic heterocycles. The van der Waals surface area contributed by atoms with E-state index in [-0.39, 0.29) is 29.7 Å². The molecular weight excluding hydrogens is 368 g/mol. The first kappa shape index (κ1) is 18.6. The van der Waals surface area contributed by atoms with Crippen LogP contribution in [-0.4, -0.2) is 59.7 Å². The zero-order chi connectivity index (χ0) is 20.0. The van der Waals surface area contributed by atoms with Crippen molar-refractivity contribution in [3.05, 3.63) is 29.8 Å². The molecule has 0 bridgehead atoms. The summed E-state index contributed by atoms with van der Waals surface area (Å²) < 4.78 is 0. The fraction of sp³-hybridized carbons (Fsp3) is 0.591. The van der Waals surface area contributed by atoms with Gasteiger partial charge in [0.1, 0.15) is 5.54 Å². The van der Waals surface area contributed by atoms with Crippen molar-refractivity contribution in [3.63, 3.8) is 0 Å². The number of amides is 3. The first-order chi connectivity index (χ1) is 14.1. The van der Waals surface area contributed by atoms with E-state index in [4.69, 9.17) is 0 Å². The third kappa shape index (κ3) is 2.78. The van der Waals surface area contributed by atoms with E-state index >= 15 is 0 Å². The Bertz CT molecular complexity index is 856. The molecule has 7 heteroatoms. The van der Waals surface area contributed by atoms with Gasteiger partial charge in [-0.3, -0.25) is 19.3 Å². The van der Waals surface area contributed by atoms with Crippen LogP contribution in [0.2, 0.25) is 0 Å². The highest BCUT2D eigenvalue weighted by atomic mass is 16.2. The smallest absolute Gasteiger partial charge is 0.250 e. The number of hydrogen-bond donors (Lipinski definition) is 2. The molecule has 3 unspecified atom stereocenters. The van der Waals surface area contributed by atoms with Gasteiger partial charge in [-0.25, -0.2) is 0 Å². The molecule has 3 amide bonds. The number of carbonyl (C=O) groups is 3. The molecule has 1 aromatic carbocycles. The van der Waals surface area contributed by atoms with Crippen molar-refractivity contribution < 1.29 is 14.4 Å². The van der Waals surface area contributed by atoms with E-state index in [1.165, 1.54) is 0 Å². The molecule has 154 valence electrons. The topological polar surface area (TPSA) is 81.8 Å². The van der Waals surface area contributed by atoms with Gasteiger partial charge in [-0.05, 0) is 44.7 Å². The number of para-hydroxylation sites is 1. The molecular formula is C22H28N4O3. The van der Waals surface area contributed by atoms with Crippen LogP contribution >= 0.6 is 0 Å². The van der Waals surface area contributed by atoms with E-state index in [2.05, 4.69) is 15.5 Å². The van der Waals surface area contributed by atoms with E-state index in [1.807, 2.05) is 29.2 Å². The maximum Gasteiger partial charge on any atom is 0.250 e. The molecule has 1 spiro atoms. The average Bonchev–Trinajstić information content (AvgIpc) is 3.45. The fourth-order valence-corrected chi connectivity index (χ4v) is 5.93. The summed E-state index contributed by atoms with van der Waals surface area (Å²) in [5, 5.41) is 6.10. The van der Waals surface area contributed by atoms with E-state index in [0.29, 0.717) is 19.5 Å². The molecule has 0 aliphatic carbocycles. The minimum atomic E-state index is -0.882. The molecule has 29 heavy (non-hydrogen) atoms. The molecule has 3 saturated heterocycles. The van der Waals surface area contributed by atoms with Crippen LogP contribution in [0.25, 0.3) is 0 Å². The van der Waals surface area contributed by atoms with Gasteiger partial charge in [0.25, 0.3) is 0 Å². The standard InChI is InChI=1S/C22H28N4O3/c27-19-9-4-11-25(19)12-5-10-23-20(28)17-14-15-6-3-13-26(15)22(17)16-7-1-2-8-18(16)24-21(22)29/h1-2,7-8,15,17H,3-6,9-14H2,(H,23,28)(H,24,29). The van der Waals surface area contributed by atoms with Crippen molar-refractivity contribution in [2.75, 3.05) is 31.5 Å². The van der Waals surface area contributed by atoms with E-state index in [0.717, 1.165) is 56.4 Å². The van der Waals surface area contributed by atoms with Crippen LogP contribution in [0.15, 0.2) is 24.3 Å². The van der Waals surface area contributed by atoms with Crippen LogP contribution in [0.1, 0.15) is 44.1 Å². The maximum absolute atomic E-state index is 13.3. The van der Waals surface area contributed by atoms with Crippen LogP contribution in [0.3, 0.4) is 0 Å². The second-order valence-electron chi connectivity index (χ2n) is 8.67. The van der Waals surface area contributed by atoms with Gasteiger partial charge in [-0.1, -0.05) is 18.2 Å². The molecule has 3 atom stereocenters. The van der Waals surface area contributed by atoms with Crippen LogP contribution in [0, 0.1) is 5.92 Å². The predicted molar refractivity (Wildman–Crippen MR) is 108 cm³/mol. The van der Waals surface area contributed by atoms with Crippen LogP contribution in [0.5, 0.6) is 0 Å². The Labute approximate surface area is 170 Å². The lowest BCUT2D eigenvalue weighted by Gasteiger charge is -2.36. The number of hydrogen-bond acceptors (Lipinski definition) is 4. The normalized spacial score (nSPS) is 30.7. The third-order valence-corrected chi connectivity index (χ3v) is 7.17. The fourth-order valence-electron chi connectivity index (χ4n) is 5.93. The first-order valence-electron chi connectivity index (χ1n) is 10.9. The molecule has 1 aromatic rings. The lowest BCUT2D eigenvalue weighted by molar-refractivity contribution is -0.137. The predicted octanol–water partition coefficient (Wildman–Crippen LogP) is 1.45. The zero-order valence-electron chi connectivity index (χ0n) is 16.7. The number of rotatable bonds is 5. The van der Waals surface area contributed by atoms with Crippen molar-refractivity contribution in [1.29, 1.82) is 0 Å². The van der Waals surface area contributed by atoms with Gasteiger partial charge >= 0.3 is 0 Å². The molecule has 0 saturated carbocycles. The minimum Gasteiger partial charge on any atom is -0.356 e. The van der Waals surface area contributed by atoms with E-state index in [1.54, 1.807) is 0 Å². The second-order valence-corrected chi connectivity index (χ2v) is 8.67. The first-order valence-corrected chi connectivity index (χ1v) is 10.9. The van der Waals surface area contributed by atoms with Crippen molar-refractivity contribution in [2.45, 2.75) is 50.1 Å². The third-order valence-electron chi connectivity index (χ3n) is 7.17. The van der Waals surface area contributed by atoms with E-state index in [9.17, 15) is 14.4 Å². The largest absolute Gasteiger partial charge is 0.356 e. The number of nitrogens with zero attached hydrogens (tertiary/aromatic N) is 2. The van der Waals surface area contributed by atoms with E-state index < -0.39 is 5.54 Å². The molecule has 7 nitrogen and oxygen atoms in total. The van der Waals surface area contributed by atoms with Crippen molar-refractivity contribution in [3.8, 4) is 0 Å². The summed E-state index contributed by atoms with van der Waals surface area (Å²) in [5.41, 5.74) is 0.889. The summed E-state index contributed by atoms with van der Waals surface area (Å²) in [6, 6.07) is 8.07. The quantitative estimate of drug-likeness (QED) is 0.738. The minimum absolute atomic E-state index is 0.0426. The number of likely N-dealkylation sites (tertiary alicyclic amines) is 1. The summed E-state index contributed by atoms with van der Waals surface area (Å²) in [4.78, 5) is 42.4. The van der Waals surface area contributed by atoms with Crippen molar-refractivity contribution in [2.24, 2.45) is 5.92 Å². The number of anilines is 1. The Morgan fingerprint density at radius 3 is 2.90 bits per heavy atom. The van der Waals surface area contributed by atoms with Gasteiger partial charge < -0.3 is 15.5 Å². The van der Waals surface area contributed by atoms with Gasteiger partial charge in [0.2, 0.25) is 17.7 Å². The molecule has 4 heterocycles. The van der Waals surface area contributed by atoms with Gasteiger partial charge in [-0.15, -0.1) is 0 Å². The highest BCUT2D eigenvalue weighted by molar-refractivity contribution is 6.09. The lowest BCUT2D eigenvalue weighted by atomic mass is 9.78. The highest BCUT2D eigenvalue weighted by Crippen LogP contribution is 2.55. The molecule has 4 aliphatic rings. The molecule has 0 aromatic heterocycles. The molecule has 5 rings (SSSR count). The summed E-state index contributed by atoms with van der Waals surface area (Å²) in [7, 11) is 0. The highest BCUT2D eigenvalue weighted by Gasteiger charge is 2.65. The number of carbonyl (C=O) groups excluding carboxylic acids is 3. The molecule has 2 N–H and O–H groups in total. The Balaban J connectivity index is 1.33. The van der Waals surface area contributed by atoms with Crippen molar-refractivity contribution in [1.82, 2.24) is 15.1 Å². The van der Waals surface area contributed by atoms with Gasteiger partial charge in [0.15, 0.2) is 0 Å². The van der Waals surface area contributed by atoms with Gasteiger partial charge in [-0.2, -0.15) is 0 Å². The van der Waals surface area contributed by atoms with Gasteiger partial charge in [0.05, 0.1) is 5.92 Å². The number of fused-ring (bicyclic) bond motifs is 4. The number of nitrogens with one attached hydrogen (secondary N) is 2. The molecule has 0 radical (unpaired) electrons. The zero-order valence-corrected chi connectivity index (χ0v) is 16.7. The Morgan fingerprint density at radius 1 is 1.21 bits per heavy atom. The second kappa shape index (κ2) is 7.13. The lowest BCUT2D eigenvalue weighted by Crippen LogP contribution is -2.54. The Kier molecular flexibility index (Phi) is 4.57. The van der Waals surface area contributed by atoms with Crippen LogP contribution < -0.4 is 10.6 Å². The summed E-state index contributed by atoms with van der Waals surface area (Å²) in [6.07, 6.45) is 5.15. The molecule has 3 fully saturated rings. The van der Waals surface area contributed by atoms with Crippen LogP contribution in [-0.2, 0) is 19.9 Å². The van der Waals surface area contributed by atoms with Gasteiger partial charge in [0, 0.05) is 43.3 Å². The summed E-state index contributed by atoms with van der Waals surface area (Å²) in [6.45, 7) is 2.90. The summed E-state index contributed by atoms with van der Waals surface area (Å²) in [5.74, 6) is -0.277. The Morgan fingerprint density at radius 2 is 2.07 bits per heavy atom. The SMILES string of the molecule is O=C(NCCCN1CCCC1=O)C1CC2CCCN2C12C(=O)Nc1ccccc12. The summed E-state index contributed by atoms with van der Waals surface area (Å²) >= 11 is 0. The number of benzene rings is 1.